The molecule has 0 aromatic heterocycles. The molecule has 6 atom stereocenters. The summed E-state index contributed by atoms with van der Waals surface area (Å²) in [6, 6.07) is 21.5. The number of rotatable bonds is 8. The number of non-ortho nitro benzene ring substituents is 1. The number of carbonyl (C=O) groups excluding carboxylic acids is 4. The number of nitro benzene ring substituents is 1. The Labute approximate surface area is 324 Å². The van der Waals surface area contributed by atoms with Crippen molar-refractivity contribution in [2.24, 2.45) is 23.7 Å². The standard InChI is InChI=1S/C40H32Cl2N4O9/c1-54-25-10-7-21(8-11-25)40-29(37(49)45(39(40)51)43-31-14-9-22(41)17-30(31)42)19-28-26(35(40)20-6-15-33(55-2)32(47)16-20)12-13-27-34(28)38(50)44(36(27)48)23-4-3-5-24(18-23)46(52)53/h3-12,14-18,27-29,34-35,43,47H,13,19H2,1-2H3. The Kier molecular flexibility index (Phi) is 8.81. The largest absolute Gasteiger partial charge is 0.504 e. The highest BCUT2D eigenvalue weighted by atomic mass is 35.5. The maximum Gasteiger partial charge on any atom is 0.271 e. The number of phenols is 1. The van der Waals surface area contributed by atoms with Gasteiger partial charge in [0.1, 0.15) is 5.75 Å². The molecule has 2 aliphatic carbocycles. The Bertz CT molecular complexity index is 2350. The second-order valence-corrected chi connectivity index (χ2v) is 14.8. The maximum absolute atomic E-state index is 15.4. The number of fused-ring (bicyclic) bond motifs is 4. The molecule has 280 valence electrons. The van der Waals surface area contributed by atoms with Gasteiger partial charge in [-0.1, -0.05) is 59.1 Å². The first-order chi connectivity index (χ1) is 26.4. The molecule has 2 N–H and O–H groups in total. The van der Waals surface area contributed by atoms with Crippen molar-refractivity contribution < 1.29 is 38.7 Å². The minimum Gasteiger partial charge on any atom is -0.504 e. The SMILES string of the molecule is COc1ccc(C23C(=O)N(Nc4ccc(Cl)cc4Cl)C(=O)C2CC2C(=CCC4C(=O)N(c5cccc([N+](=O)[O-])c5)C(=O)C42)C3c2ccc(OC)c(O)c2)cc1. The minimum atomic E-state index is -1.64. The van der Waals surface area contributed by atoms with E-state index in [1.54, 1.807) is 48.5 Å². The number of hydrazine groups is 1. The van der Waals surface area contributed by atoms with Crippen molar-refractivity contribution in [3.8, 4) is 17.2 Å². The molecule has 6 unspecified atom stereocenters. The molecule has 55 heavy (non-hydrogen) atoms. The molecule has 0 spiro atoms. The molecule has 4 aliphatic rings. The summed E-state index contributed by atoms with van der Waals surface area (Å²) in [5, 5.41) is 24.2. The molecule has 2 saturated heterocycles. The highest BCUT2D eigenvalue weighted by molar-refractivity contribution is 6.36. The van der Waals surface area contributed by atoms with Gasteiger partial charge < -0.3 is 14.6 Å². The van der Waals surface area contributed by atoms with Crippen LogP contribution in [-0.4, -0.2) is 52.9 Å². The Hall–Kier alpha value is -5.92. The smallest absolute Gasteiger partial charge is 0.271 e. The number of nitrogens with zero attached hydrogens (tertiary/aromatic N) is 3. The fourth-order valence-corrected chi connectivity index (χ4v) is 9.56. The van der Waals surface area contributed by atoms with E-state index in [2.05, 4.69) is 5.43 Å². The van der Waals surface area contributed by atoms with E-state index in [4.69, 9.17) is 32.7 Å². The fraction of sp³-hybridized carbons (Fsp3) is 0.250. The van der Waals surface area contributed by atoms with Gasteiger partial charge in [0, 0.05) is 23.1 Å². The van der Waals surface area contributed by atoms with Crippen LogP contribution in [0.4, 0.5) is 17.1 Å². The minimum absolute atomic E-state index is 0.00341. The van der Waals surface area contributed by atoms with E-state index in [-0.39, 0.29) is 46.4 Å². The lowest BCUT2D eigenvalue weighted by molar-refractivity contribution is -0.384. The number of anilines is 2. The summed E-state index contributed by atoms with van der Waals surface area (Å²) in [5.74, 6) is -6.32. The van der Waals surface area contributed by atoms with Crippen LogP contribution in [0.1, 0.15) is 29.9 Å². The molecule has 4 aromatic rings. The number of hydrogen-bond donors (Lipinski definition) is 2. The number of allylic oxidation sites excluding steroid dienone is 2. The van der Waals surface area contributed by atoms with E-state index in [1.807, 2.05) is 6.08 Å². The zero-order valence-electron chi connectivity index (χ0n) is 29.3. The Morgan fingerprint density at radius 1 is 0.891 bits per heavy atom. The molecule has 1 saturated carbocycles. The molecule has 3 fully saturated rings. The van der Waals surface area contributed by atoms with Crippen molar-refractivity contribution in [3.63, 3.8) is 0 Å². The molecule has 15 heteroatoms. The van der Waals surface area contributed by atoms with Gasteiger partial charge >= 0.3 is 0 Å². The summed E-state index contributed by atoms with van der Waals surface area (Å²) in [7, 11) is 2.92. The zero-order chi connectivity index (χ0) is 38.9. The zero-order valence-corrected chi connectivity index (χ0v) is 30.8. The number of amides is 4. The van der Waals surface area contributed by atoms with Crippen LogP contribution < -0.4 is 19.8 Å². The van der Waals surface area contributed by atoms with E-state index < -0.39 is 63.6 Å². The number of benzene rings is 4. The Morgan fingerprint density at radius 2 is 1.65 bits per heavy atom. The number of methoxy groups -OCH3 is 2. The number of phenolic OH excluding ortho intramolecular Hbond substituents is 1. The summed E-state index contributed by atoms with van der Waals surface area (Å²) in [4.78, 5) is 70.9. The lowest BCUT2D eigenvalue weighted by Crippen LogP contribution is -2.53. The highest BCUT2D eigenvalue weighted by Gasteiger charge is 2.70. The van der Waals surface area contributed by atoms with Gasteiger partial charge in [-0.2, -0.15) is 5.01 Å². The van der Waals surface area contributed by atoms with Crippen molar-refractivity contribution >= 4 is 63.9 Å². The number of ether oxygens (including phenoxy) is 2. The Balaban J connectivity index is 1.33. The van der Waals surface area contributed by atoms with Gasteiger partial charge in [-0.15, -0.1) is 0 Å². The number of nitro groups is 1. The molecule has 4 amide bonds. The molecule has 0 bridgehead atoms. The van der Waals surface area contributed by atoms with Gasteiger partial charge in [0.25, 0.3) is 17.5 Å². The predicted molar refractivity (Wildman–Crippen MR) is 201 cm³/mol. The molecule has 8 rings (SSSR count). The average molecular weight is 784 g/mol. The third kappa shape index (κ3) is 5.43. The van der Waals surface area contributed by atoms with Crippen LogP contribution in [0.3, 0.4) is 0 Å². The number of nitrogens with one attached hydrogen (secondary N) is 1. The molecule has 2 heterocycles. The van der Waals surface area contributed by atoms with E-state index in [1.165, 1.54) is 50.6 Å². The third-order valence-corrected chi connectivity index (χ3v) is 12.0. The van der Waals surface area contributed by atoms with Crippen molar-refractivity contribution in [2.45, 2.75) is 24.2 Å². The highest BCUT2D eigenvalue weighted by Crippen LogP contribution is 2.64. The van der Waals surface area contributed by atoms with Gasteiger partial charge in [-0.25, -0.2) is 4.90 Å². The van der Waals surface area contributed by atoms with E-state index in [9.17, 15) is 29.6 Å². The average Bonchev–Trinajstić information content (AvgIpc) is 3.56. The number of aromatic hydroxyl groups is 1. The van der Waals surface area contributed by atoms with Crippen LogP contribution in [0.5, 0.6) is 17.2 Å². The molecular formula is C40H32Cl2N4O9. The molecule has 4 aromatic carbocycles. The quantitative estimate of drug-likeness (QED) is 0.0838. The lowest BCUT2D eigenvalue weighted by Gasteiger charge is -2.50. The van der Waals surface area contributed by atoms with Crippen molar-refractivity contribution in [2.75, 3.05) is 24.5 Å². The number of hydrogen-bond acceptors (Lipinski definition) is 10. The molecular weight excluding hydrogens is 751 g/mol. The summed E-state index contributed by atoms with van der Waals surface area (Å²) >= 11 is 12.7. The van der Waals surface area contributed by atoms with Crippen LogP contribution in [0, 0.1) is 33.8 Å². The molecule has 13 nitrogen and oxygen atoms in total. The third-order valence-electron chi connectivity index (χ3n) is 11.4. The summed E-state index contributed by atoms with van der Waals surface area (Å²) in [6.07, 6.45) is 1.99. The number of imide groups is 2. The van der Waals surface area contributed by atoms with Gasteiger partial charge in [0.2, 0.25) is 11.8 Å². The van der Waals surface area contributed by atoms with Crippen LogP contribution in [-0.2, 0) is 24.6 Å². The topological polar surface area (TPSA) is 169 Å². The lowest BCUT2D eigenvalue weighted by atomic mass is 9.49. The van der Waals surface area contributed by atoms with Crippen molar-refractivity contribution in [1.82, 2.24) is 5.01 Å². The Morgan fingerprint density at radius 3 is 2.33 bits per heavy atom. The van der Waals surface area contributed by atoms with Gasteiger partial charge in [0.15, 0.2) is 11.5 Å². The molecule has 0 radical (unpaired) electrons. The monoisotopic (exact) mass is 782 g/mol. The van der Waals surface area contributed by atoms with Crippen molar-refractivity contribution in [1.29, 1.82) is 0 Å². The van der Waals surface area contributed by atoms with E-state index in [0.29, 0.717) is 27.5 Å². The molecule has 2 aliphatic heterocycles. The fourth-order valence-electron chi connectivity index (χ4n) is 9.11. The van der Waals surface area contributed by atoms with E-state index in [0.717, 1.165) is 9.91 Å². The normalized spacial score (nSPS) is 25.6. The van der Waals surface area contributed by atoms with Crippen LogP contribution in [0.15, 0.2) is 96.6 Å². The summed E-state index contributed by atoms with van der Waals surface area (Å²) in [5.41, 5.74) is 2.93. The predicted octanol–water partition coefficient (Wildman–Crippen LogP) is 6.81. The van der Waals surface area contributed by atoms with Gasteiger partial charge in [0.05, 0.1) is 58.7 Å². The number of carbonyl (C=O) groups is 4. The maximum atomic E-state index is 15.4. The summed E-state index contributed by atoms with van der Waals surface area (Å²) in [6.45, 7) is 0. The van der Waals surface area contributed by atoms with Crippen LogP contribution in [0.25, 0.3) is 0 Å². The van der Waals surface area contributed by atoms with Crippen LogP contribution in [0.2, 0.25) is 10.0 Å². The van der Waals surface area contributed by atoms with E-state index >= 15 is 4.79 Å². The van der Waals surface area contributed by atoms with Gasteiger partial charge in [-0.3, -0.25) is 34.7 Å². The second-order valence-electron chi connectivity index (χ2n) is 13.9. The van der Waals surface area contributed by atoms with Crippen LogP contribution >= 0.6 is 23.2 Å². The van der Waals surface area contributed by atoms with Gasteiger partial charge in [-0.05, 0) is 78.4 Å². The number of halogens is 2. The summed E-state index contributed by atoms with van der Waals surface area (Å²) < 4.78 is 10.8. The first kappa shape index (κ1) is 36.1. The second kappa shape index (κ2) is 13.4. The first-order valence-electron chi connectivity index (χ1n) is 17.3. The van der Waals surface area contributed by atoms with Crippen molar-refractivity contribution in [3.05, 3.63) is 128 Å². The first-order valence-corrected chi connectivity index (χ1v) is 18.1.